The molecule has 2 heterocycles. The number of anilines is 1. The van der Waals surface area contributed by atoms with Crippen molar-refractivity contribution >= 4 is 17.4 Å². The Balaban J connectivity index is 1.44. The number of carbonyl (C=O) groups is 1. The molecule has 0 bridgehead atoms. The molecule has 0 atom stereocenters. The fourth-order valence-corrected chi connectivity index (χ4v) is 2.46. The standard InChI is InChI=1S/C17H18N6O3/c24-17(7-4-9-21-13-15(11-18-21)23(25)26)19-16-8-10-22(20-16)12-14-5-2-1-3-6-14/h1-3,5-6,8,10-11,13H,4,7,9,12H2,(H,19,20,24). The number of aryl methyl sites for hydroxylation is 1. The Morgan fingerprint density at radius 1 is 1.19 bits per heavy atom. The van der Waals surface area contributed by atoms with E-state index >= 15 is 0 Å². The van der Waals surface area contributed by atoms with Gasteiger partial charge in [0.1, 0.15) is 12.4 Å². The molecule has 0 aliphatic carbocycles. The van der Waals surface area contributed by atoms with Gasteiger partial charge in [-0.25, -0.2) is 0 Å². The van der Waals surface area contributed by atoms with Crippen LogP contribution in [0, 0.1) is 10.1 Å². The summed E-state index contributed by atoms with van der Waals surface area (Å²) in [5.41, 5.74) is 1.07. The van der Waals surface area contributed by atoms with Crippen molar-refractivity contribution < 1.29 is 9.72 Å². The molecule has 9 heteroatoms. The van der Waals surface area contributed by atoms with Crippen LogP contribution in [0.25, 0.3) is 0 Å². The molecule has 0 aliphatic heterocycles. The van der Waals surface area contributed by atoms with Crippen molar-refractivity contribution in [2.45, 2.75) is 25.9 Å². The number of nitrogens with one attached hydrogen (secondary N) is 1. The van der Waals surface area contributed by atoms with Crippen LogP contribution in [0.4, 0.5) is 11.5 Å². The van der Waals surface area contributed by atoms with Crippen molar-refractivity contribution in [1.82, 2.24) is 19.6 Å². The number of hydrogen-bond donors (Lipinski definition) is 1. The third kappa shape index (κ3) is 4.76. The largest absolute Gasteiger partial charge is 0.309 e. The zero-order valence-corrected chi connectivity index (χ0v) is 14.0. The molecule has 3 rings (SSSR count). The van der Waals surface area contributed by atoms with Gasteiger partial charge < -0.3 is 5.32 Å². The van der Waals surface area contributed by atoms with Gasteiger partial charge in [0.25, 0.3) is 0 Å². The highest BCUT2D eigenvalue weighted by molar-refractivity contribution is 5.89. The van der Waals surface area contributed by atoms with Gasteiger partial charge in [0.2, 0.25) is 5.91 Å². The Labute approximate surface area is 149 Å². The molecule has 1 N–H and O–H groups in total. The Morgan fingerprint density at radius 3 is 2.73 bits per heavy atom. The highest BCUT2D eigenvalue weighted by atomic mass is 16.6. The zero-order valence-electron chi connectivity index (χ0n) is 14.0. The molecule has 1 amide bonds. The topological polar surface area (TPSA) is 108 Å². The highest BCUT2D eigenvalue weighted by Crippen LogP contribution is 2.10. The lowest BCUT2D eigenvalue weighted by Gasteiger charge is -2.03. The van der Waals surface area contributed by atoms with Crippen molar-refractivity contribution in [3.05, 3.63) is 70.7 Å². The van der Waals surface area contributed by atoms with Crippen LogP contribution in [-0.2, 0) is 17.9 Å². The summed E-state index contributed by atoms with van der Waals surface area (Å²) < 4.78 is 3.22. The summed E-state index contributed by atoms with van der Waals surface area (Å²) in [4.78, 5) is 22.1. The van der Waals surface area contributed by atoms with Gasteiger partial charge in [-0.15, -0.1) is 0 Å². The van der Waals surface area contributed by atoms with Crippen molar-refractivity contribution in [3.8, 4) is 0 Å². The van der Waals surface area contributed by atoms with Crippen LogP contribution in [0.2, 0.25) is 0 Å². The molecule has 0 aliphatic rings. The minimum absolute atomic E-state index is 0.0570. The maximum absolute atomic E-state index is 12.0. The lowest BCUT2D eigenvalue weighted by atomic mass is 10.2. The Morgan fingerprint density at radius 2 is 2.00 bits per heavy atom. The number of rotatable bonds is 8. The van der Waals surface area contributed by atoms with Gasteiger partial charge in [-0.1, -0.05) is 30.3 Å². The summed E-state index contributed by atoms with van der Waals surface area (Å²) in [5.74, 6) is 0.345. The lowest BCUT2D eigenvalue weighted by molar-refractivity contribution is -0.385. The van der Waals surface area contributed by atoms with Crippen molar-refractivity contribution in [1.29, 1.82) is 0 Å². The first-order chi connectivity index (χ1) is 12.6. The normalized spacial score (nSPS) is 10.6. The first-order valence-electron chi connectivity index (χ1n) is 8.14. The highest BCUT2D eigenvalue weighted by Gasteiger charge is 2.09. The molecule has 9 nitrogen and oxygen atoms in total. The summed E-state index contributed by atoms with van der Waals surface area (Å²) in [7, 11) is 0. The molecule has 0 spiro atoms. The quantitative estimate of drug-likeness (QED) is 0.494. The van der Waals surface area contributed by atoms with E-state index in [0.29, 0.717) is 25.3 Å². The van der Waals surface area contributed by atoms with Crippen LogP contribution in [0.15, 0.2) is 55.0 Å². The number of nitro groups is 1. The monoisotopic (exact) mass is 354 g/mol. The summed E-state index contributed by atoms with van der Waals surface area (Å²) in [6.07, 6.45) is 5.16. The number of carbonyl (C=O) groups excluding carboxylic acids is 1. The van der Waals surface area contributed by atoms with Crippen LogP contribution in [0.1, 0.15) is 18.4 Å². The van der Waals surface area contributed by atoms with E-state index in [0.717, 1.165) is 5.56 Å². The maximum atomic E-state index is 12.0. The van der Waals surface area contributed by atoms with Gasteiger partial charge in [0, 0.05) is 25.2 Å². The third-order valence-electron chi connectivity index (χ3n) is 3.72. The van der Waals surface area contributed by atoms with E-state index in [4.69, 9.17) is 0 Å². The summed E-state index contributed by atoms with van der Waals surface area (Å²) in [6.45, 7) is 1.07. The van der Waals surface area contributed by atoms with Crippen LogP contribution in [0.3, 0.4) is 0 Å². The molecule has 134 valence electrons. The number of nitrogens with zero attached hydrogens (tertiary/aromatic N) is 5. The first kappa shape index (κ1) is 17.3. The molecule has 0 fully saturated rings. The fourth-order valence-electron chi connectivity index (χ4n) is 2.46. The SMILES string of the molecule is O=C(CCCn1cc([N+](=O)[O-])cn1)Nc1ccn(Cc2ccccc2)n1. The molecule has 0 radical (unpaired) electrons. The Bertz CT molecular complexity index is 887. The van der Waals surface area contributed by atoms with Crippen LogP contribution in [-0.4, -0.2) is 30.4 Å². The van der Waals surface area contributed by atoms with Crippen molar-refractivity contribution in [3.63, 3.8) is 0 Å². The molecule has 2 aromatic heterocycles. The molecule has 0 saturated carbocycles. The van der Waals surface area contributed by atoms with Gasteiger partial charge >= 0.3 is 5.69 Å². The Kier molecular flexibility index (Phi) is 5.37. The molecule has 1 aromatic carbocycles. The van der Waals surface area contributed by atoms with E-state index in [-0.39, 0.29) is 18.0 Å². The van der Waals surface area contributed by atoms with Crippen LogP contribution in [0.5, 0.6) is 0 Å². The van der Waals surface area contributed by atoms with Gasteiger partial charge in [-0.05, 0) is 12.0 Å². The Hall–Kier alpha value is -3.49. The second-order valence-corrected chi connectivity index (χ2v) is 5.75. The summed E-state index contributed by atoms with van der Waals surface area (Å²) in [6, 6.07) is 11.7. The van der Waals surface area contributed by atoms with Crippen LogP contribution >= 0.6 is 0 Å². The van der Waals surface area contributed by atoms with Gasteiger partial charge in [-0.2, -0.15) is 10.2 Å². The van der Waals surface area contributed by atoms with E-state index in [9.17, 15) is 14.9 Å². The van der Waals surface area contributed by atoms with E-state index in [1.165, 1.54) is 17.1 Å². The molecular weight excluding hydrogens is 336 g/mol. The molecule has 0 saturated heterocycles. The van der Waals surface area contributed by atoms with Crippen molar-refractivity contribution in [2.75, 3.05) is 5.32 Å². The number of aromatic nitrogens is 4. The first-order valence-corrected chi connectivity index (χ1v) is 8.14. The predicted molar refractivity (Wildman–Crippen MR) is 94.5 cm³/mol. The summed E-state index contributed by atoms with van der Waals surface area (Å²) >= 11 is 0. The van der Waals surface area contributed by atoms with Gasteiger partial charge in [0.15, 0.2) is 5.82 Å². The molecular formula is C17H18N6O3. The van der Waals surface area contributed by atoms with Crippen molar-refractivity contribution in [2.24, 2.45) is 0 Å². The molecule has 0 unspecified atom stereocenters. The van der Waals surface area contributed by atoms with Gasteiger partial charge in [-0.3, -0.25) is 24.3 Å². The predicted octanol–water partition coefficient (Wildman–Crippen LogP) is 2.46. The minimum Gasteiger partial charge on any atom is -0.309 e. The average molecular weight is 354 g/mol. The van der Waals surface area contributed by atoms with E-state index in [1.54, 1.807) is 10.7 Å². The van der Waals surface area contributed by atoms with Crippen LogP contribution < -0.4 is 5.32 Å². The van der Waals surface area contributed by atoms with Gasteiger partial charge in [0.05, 0.1) is 11.5 Å². The number of amides is 1. The molecule has 3 aromatic rings. The second-order valence-electron chi connectivity index (χ2n) is 5.75. The third-order valence-corrected chi connectivity index (χ3v) is 3.72. The smallest absolute Gasteiger partial charge is 0.306 e. The molecule has 26 heavy (non-hydrogen) atoms. The minimum atomic E-state index is -0.498. The second kappa shape index (κ2) is 8.06. The number of hydrogen-bond acceptors (Lipinski definition) is 5. The summed E-state index contributed by atoms with van der Waals surface area (Å²) in [5, 5.41) is 21.6. The number of benzene rings is 1. The maximum Gasteiger partial charge on any atom is 0.306 e. The van der Waals surface area contributed by atoms with E-state index in [1.807, 2.05) is 36.5 Å². The fraction of sp³-hybridized carbons (Fsp3) is 0.235. The zero-order chi connectivity index (χ0) is 18.4. The van der Waals surface area contributed by atoms with E-state index < -0.39 is 4.92 Å². The lowest BCUT2D eigenvalue weighted by Crippen LogP contribution is -2.13. The van der Waals surface area contributed by atoms with E-state index in [2.05, 4.69) is 15.5 Å². The average Bonchev–Trinajstić information content (AvgIpc) is 3.26.